The first-order valence-corrected chi connectivity index (χ1v) is 8.03. The van der Waals surface area contributed by atoms with E-state index in [2.05, 4.69) is 0 Å². The lowest BCUT2D eigenvalue weighted by molar-refractivity contribution is -0.145. The first-order valence-electron chi connectivity index (χ1n) is 8.03. The molecule has 0 spiro atoms. The number of esters is 1. The molecule has 154 valence electrons. The zero-order chi connectivity index (χ0) is 21.3. The standard InChI is InChI=1S/C17H27NO9/c1-16(9-19,10-20)17(11-21,6-4-13(22)23)12(8-14(24)25)27-15(26)5-7-18(2)3/h4,6,8,19-21H,5,7,9-11H2,1-3H3,(H,22,23)(H,24,25). The van der Waals surface area contributed by atoms with Crippen molar-refractivity contribution < 1.29 is 44.7 Å². The Morgan fingerprint density at radius 1 is 1.00 bits per heavy atom. The molecule has 0 aromatic rings. The van der Waals surface area contributed by atoms with Gasteiger partial charge >= 0.3 is 17.9 Å². The molecule has 0 aliphatic heterocycles. The third kappa shape index (κ3) is 6.75. The van der Waals surface area contributed by atoms with Crippen LogP contribution >= 0.6 is 0 Å². The number of aliphatic carboxylic acids is 2. The van der Waals surface area contributed by atoms with Crippen LogP contribution < -0.4 is 0 Å². The van der Waals surface area contributed by atoms with Crippen molar-refractivity contribution in [2.75, 3.05) is 40.5 Å². The fourth-order valence-corrected chi connectivity index (χ4v) is 2.30. The molecule has 0 saturated carbocycles. The average molecular weight is 389 g/mol. The van der Waals surface area contributed by atoms with Crippen molar-refractivity contribution in [2.24, 2.45) is 10.8 Å². The van der Waals surface area contributed by atoms with E-state index in [0.717, 1.165) is 6.08 Å². The third-order valence-electron chi connectivity index (χ3n) is 4.22. The Balaban J connectivity index is 6.33. The van der Waals surface area contributed by atoms with Gasteiger partial charge in [-0.3, -0.25) is 4.79 Å². The summed E-state index contributed by atoms with van der Waals surface area (Å²) in [5.74, 6) is -4.36. The molecule has 5 N–H and O–H groups in total. The molecule has 27 heavy (non-hydrogen) atoms. The van der Waals surface area contributed by atoms with Crippen LogP contribution in [0.5, 0.6) is 0 Å². The SMILES string of the molecule is CN(C)CCC(=O)OC(=CC(=O)O)C(C=CC(=O)O)(CO)C(C)(CO)CO. The summed E-state index contributed by atoms with van der Waals surface area (Å²) in [6, 6.07) is 0. The molecule has 0 aromatic heterocycles. The maximum absolute atomic E-state index is 12.1. The van der Waals surface area contributed by atoms with E-state index < -0.39 is 54.3 Å². The Hall–Kier alpha value is -2.27. The first kappa shape index (κ1) is 24.7. The van der Waals surface area contributed by atoms with Gasteiger partial charge in [-0.2, -0.15) is 0 Å². The number of aliphatic hydroxyl groups is 3. The van der Waals surface area contributed by atoms with Crippen molar-refractivity contribution in [3.63, 3.8) is 0 Å². The molecule has 10 heteroatoms. The smallest absolute Gasteiger partial charge is 0.331 e. The van der Waals surface area contributed by atoms with Crippen molar-refractivity contribution in [2.45, 2.75) is 13.3 Å². The minimum atomic E-state index is -1.99. The Labute approximate surface area is 157 Å². The fraction of sp³-hybridized carbons (Fsp3) is 0.588. The molecule has 0 heterocycles. The molecular weight excluding hydrogens is 362 g/mol. The molecule has 1 atom stereocenters. The van der Waals surface area contributed by atoms with Crippen LogP contribution in [0.3, 0.4) is 0 Å². The summed E-state index contributed by atoms with van der Waals surface area (Å²) in [5.41, 5.74) is -3.63. The molecular formula is C17H27NO9. The summed E-state index contributed by atoms with van der Waals surface area (Å²) in [6.45, 7) is -0.874. The largest absolute Gasteiger partial charge is 0.478 e. The minimum Gasteiger partial charge on any atom is -0.478 e. The van der Waals surface area contributed by atoms with Crippen LogP contribution in [0.25, 0.3) is 0 Å². The third-order valence-corrected chi connectivity index (χ3v) is 4.22. The summed E-state index contributed by atoms with van der Waals surface area (Å²) in [5, 5.41) is 47.5. The minimum absolute atomic E-state index is 0.108. The van der Waals surface area contributed by atoms with Crippen molar-refractivity contribution in [3.05, 3.63) is 24.0 Å². The highest BCUT2D eigenvalue weighted by atomic mass is 16.5. The summed E-state index contributed by atoms with van der Waals surface area (Å²) >= 11 is 0. The first-order chi connectivity index (χ1) is 12.5. The lowest BCUT2D eigenvalue weighted by atomic mass is 9.63. The molecule has 0 bridgehead atoms. The molecule has 0 rings (SSSR count). The van der Waals surface area contributed by atoms with Crippen LogP contribution in [0.15, 0.2) is 24.0 Å². The second-order valence-corrected chi connectivity index (χ2v) is 6.55. The van der Waals surface area contributed by atoms with Crippen LogP contribution in [0.1, 0.15) is 13.3 Å². The zero-order valence-corrected chi connectivity index (χ0v) is 15.6. The van der Waals surface area contributed by atoms with E-state index in [1.807, 2.05) is 0 Å². The number of ether oxygens (including phenoxy) is 1. The zero-order valence-electron chi connectivity index (χ0n) is 15.6. The van der Waals surface area contributed by atoms with Gasteiger partial charge in [0.1, 0.15) is 5.76 Å². The van der Waals surface area contributed by atoms with Crippen molar-refractivity contribution in [1.82, 2.24) is 4.90 Å². The van der Waals surface area contributed by atoms with Crippen LogP contribution in [0.4, 0.5) is 0 Å². The predicted molar refractivity (Wildman–Crippen MR) is 93.6 cm³/mol. The normalized spacial score (nSPS) is 15.0. The lowest BCUT2D eigenvalue weighted by Crippen LogP contribution is -2.49. The van der Waals surface area contributed by atoms with E-state index >= 15 is 0 Å². The van der Waals surface area contributed by atoms with E-state index in [-0.39, 0.29) is 6.42 Å². The second-order valence-electron chi connectivity index (χ2n) is 6.55. The predicted octanol–water partition coefficient (Wildman–Crippen LogP) is -0.940. The van der Waals surface area contributed by atoms with Gasteiger partial charge in [-0.1, -0.05) is 13.0 Å². The molecule has 0 amide bonds. The maximum atomic E-state index is 12.1. The molecule has 0 radical (unpaired) electrons. The summed E-state index contributed by atoms with van der Waals surface area (Å²) < 4.78 is 5.14. The van der Waals surface area contributed by atoms with Crippen LogP contribution in [-0.2, 0) is 19.1 Å². The van der Waals surface area contributed by atoms with Gasteiger partial charge in [0, 0.05) is 18.0 Å². The molecule has 0 aliphatic rings. The Kier molecular flexibility index (Phi) is 9.87. The van der Waals surface area contributed by atoms with Crippen LogP contribution in [0.2, 0.25) is 0 Å². The Bertz CT molecular complexity index is 593. The molecule has 0 aliphatic carbocycles. The van der Waals surface area contributed by atoms with Crippen molar-refractivity contribution >= 4 is 17.9 Å². The highest BCUT2D eigenvalue weighted by molar-refractivity contribution is 5.83. The molecule has 10 nitrogen and oxygen atoms in total. The van der Waals surface area contributed by atoms with Gasteiger partial charge in [0.25, 0.3) is 0 Å². The van der Waals surface area contributed by atoms with Crippen molar-refractivity contribution in [3.8, 4) is 0 Å². The van der Waals surface area contributed by atoms with Crippen LogP contribution in [-0.4, -0.2) is 88.8 Å². The lowest BCUT2D eigenvalue weighted by Gasteiger charge is -2.44. The Morgan fingerprint density at radius 3 is 1.93 bits per heavy atom. The van der Waals surface area contributed by atoms with E-state index in [9.17, 15) is 29.7 Å². The number of aliphatic hydroxyl groups excluding tert-OH is 3. The molecule has 0 saturated heterocycles. The number of carboxylic acids is 2. The topological polar surface area (TPSA) is 165 Å². The highest BCUT2D eigenvalue weighted by Gasteiger charge is 2.51. The number of carbonyl (C=O) groups is 3. The average Bonchev–Trinajstić information content (AvgIpc) is 2.59. The number of carbonyl (C=O) groups excluding carboxylic acids is 1. The maximum Gasteiger partial charge on any atom is 0.331 e. The van der Waals surface area contributed by atoms with Gasteiger partial charge in [0.05, 0.1) is 37.7 Å². The number of hydrogen-bond acceptors (Lipinski definition) is 8. The molecule has 0 fully saturated rings. The van der Waals surface area contributed by atoms with E-state index in [0.29, 0.717) is 18.7 Å². The monoisotopic (exact) mass is 389 g/mol. The number of carboxylic acid groups (broad SMARTS) is 2. The van der Waals surface area contributed by atoms with Crippen LogP contribution in [0, 0.1) is 10.8 Å². The summed E-state index contributed by atoms with van der Waals surface area (Å²) in [4.78, 5) is 36.0. The second kappa shape index (κ2) is 10.8. The Morgan fingerprint density at radius 2 is 1.56 bits per heavy atom. The molecule has 1 unspecified atom stereocenters. The number of nitrogens with zero attached hydrogens (tertiary/aromatic N) is 1. The highest BCUT2D eigenvalue weighted by Crippen LogP contribution is 2.46. The van der Waals surface area contributed by atoms with Gasteiger partial charge in [-0.05, 0) is 14.1 Å². The van der Waals surface area contributed by atoms with Gasteiger partial charge in [0.2, 0.25) is 0 Å². The van der Waals surface area contributed by atoms with E-state index in [1.165, 1.54) is 6.92 Å². The summed E-state index contributed by atoms with van der Waals surface area (Å²) in [6.07, 6.45) is 1.90. The van der Waals surface area contributed by atoms with Gasteiger partial charge in [-0.15, -0.1) is 0 Å². The van der Waals surface area contributed by atoms with Gasteiger partial charge in [-0.25, -0.2) is 9.59 Å². The van der Waals surface area contributed by atoms with Crippen molar-refractivity contribution in [1.29, 1.82) is 0 Å². The number of hydrogen-bond donors (Lipinski definition) is 5. The summed E-state index contributed by atoms with van der Waals surface area (Å²) in [7, 11) is 3.42. The molecule has 0 aromatic carbocycles. The van der Waals surface area contributed by atoms with E-state index in [4.69, 9.17) is 14.9 Å². The van der Waals surface area contributed by atoms with Gasteiger partial charge < -0.3 is 35.2 Å². The quantitative estimate of drug-likeness (QED) is 0.160. The number of rotatable bonds is 12. The fourth-order valence-electron chi connectivity index (χ4n) is 2.30. The van der Waals surface area contributed by atoms with Gasteiger partial charge in [0.15, 0.2) is 0 Å². The van der Waals surface area contributed by atoms with E-state index in [1.54, 1.807) is 19.0 Å².